The van der Waals surface area contributed by atoms with Gasteiger partial charge in [0.05, 0.1) is 17.5 Å². The Morgan fingerprint density at radius 1 is 1.38 bits per heavy atom. The van der Waals surface area contributed by atoms with E-state index < -0.39 is 21.9 Å². The van der Waals surface area contributed by atoms with Crippen LogP contribution in [-0.2, 0) is 16.4 Å². The van der Waals surface area contributed by atoms with Crippen molar-refractivity contribution < 1.29 is 17.9 Å². The smallest absolute Gasteiger partial charge is 0.232 e. The molecule has 1 unspecified atom stereocenters. The summed E-state index contributed by atoms with van der Waals surface area (Å²) >= 11 is 5.68. The normalized spacial score (nSPS) is 12.8. The fraction of sp³-hybridized carbons (Fsp3) is 0.333. The first-order valence-electron chi connectivity index (χ1n) is 7.26. The zero-order valence-corrected chi connectivity index (χ0v) is 14.5. The highest BCUT2D eigenvalue weighted by Crippen LogP contribution is 2.26. The lowest BCUT2D eigenvalue weighted by atomic mass is 10.0. The Morgan fingerprint density at radius 3 is 2.79 bits per heavy atom. The number of aliphatic hydroxyl groups is 1. The molecule has 1 atom stereocenters. The van der Waals surface area contributed by atoms with Crippen LogP contribution in [0.25, 0.3) is 0 Å². The quantitative estimate of drug-likeness (QED) is 0.728. The van der Waals surface area contributed by atoms with Gasteiger partial charge in [-0.2, -0.15) is 0 Å². The van der Waals surface area contributed by atoms with Crippen LogP contribution in [0.15, 0.2) is 30.5 Å². The van der Waals surface area contributed by atoms with Gasteiger partial charge in [0.25, 0.3) is 0 Å². The third-order valence-corrected chi connectivity index (χ3v) is 4.87. The summed E-state index contributed by atoms with van der Waals surface area (Å²) in [7, 11) is -3.62. The molecular weight excluding hydrogens is 357 g/mol. The molecule has 9 heteroatoms. The van der Waals surface area contributed by atoms with Crippen molar-refractivity contribution in [2.24, 2.45) is 0 Å². The number of halogens is 2. The largest absolute Gasteiger partial charge is 0.388 e. The minimum absolute atomic E-state index is 0.0182. The molecule has 1 aromatic carbocycles. The molecule has 24 heavy (non-hydrogen) atoms. The van der Waals surface area contributed by atoms with Gasteiger partial charge in [-0.15, -0.1) is 0 Å². The number of hydrogen-bond acceptors (Lipinski definition) is 5. The van der Waals surface area contributed by atoms with Gasteiger partial charge in [-0.25, -0.2) is 22.8 Å². The predicted molar refractivity (Wildman–Crippen MR) is 89.8 cm³/mol. The van der Waals surface area contributed by atoms with Crippen molar-refractivity contribution >= 4 is 27.3 Å². The van der Waals surface area contributed by atoms with E-state index in [9.17, 15) is 17.9 Å². The molecule has 2 aromatic rings. The summed E-state index contributed by atoms with van der Waals surface area (Å²) in [5.74, 6) is -0.927. The molecule has 0 saturated heterocycles. The molecule has 6 nitrogen and oxygen atoms in total. The SMILES string of the molecule is CCCS(=O)(=O)Nc1cccc(C(O)Cc2ccnc(Cl)n2)c1F. The van der Waals surface area contributed by atoms with Crippen LogP contribution in [0.5, 0.6) is 0 Å². The first kappa shape index (κ1) is 18.6. The van der Waals surface area contributed by atoms with Crippen LogP contribution in [0, 0.1) is 5.82 Å². The molecule has 1 aromatic heterocycles. The zero-order valence-electron chi connectivity index (χ0n) is 12.9. The number of sulfonamides is 1. The summed E-state index contributed by atoms with van der Waals surface area (Å²) in [5, 5.41) is 10.3. The molecule has 0 aliphatic heterocycles. The first-order chi connectivity index (χ1) is 11.3. The van der Waals surface area contributed by atoms with Gasteiger partial charge in [-0.1, -0.05) is 19.1 Å². The third kappa shape index (κ3) is 4.86. The highest BCUT2D eigenvalue weighted by atomic mass is 35.5. The summed E-state index contributed by atoms with van der Waals surface area (Å²) in [5.41, 5.74) is 0.223. The minimum Gasteiger partial charge on any atom is -0.388 e. The van der Waals surface area contributed by atoms with E-state index in [4.69, 9.17) is 11.6 Å². The highest BCUT2D eigenvalue weighted by molar-refractivity contribution is 7.92. The van der Waals surface area contributed by atoms with Gasteiger partial charge in [0, 0.05) is 23.9 Å². The highest BCUT2D eigenvalue weighted by Gasteiger charge is 2.19. The van der Waals surface area contributed by atoms with E-state index in [1.807, 2.05) is 0 Å². The number of nitrogens with one attached hydrogen (secondary N) is 1. The summed E-state index contributed by atoms with van der Waals surface area (Å²) in [6, 6.07) is 5.72. The summed E-state index contributed by atoms with van der Waals surface area (Å²) in [6.45, 7) is 1.71. The Hall–Kier alpha value is -1.77. The molecule has 0 aliphatic rings. The number of hydrogen-bond donors (Lipinski definition) is 2. The third-order valence-electron chi connectivity index (χ3n) is 3.21. The Labute approximate surface area is 144 Å². The second-order valence-corrected chi connectivity index (χ2v) is 7.35. The average molecular weight is 374 g/mol. The maximum Gasteiger partial charge on any atom is 0.232 e. The summed E-state index contributed by atoms with van der Waals surface area (Å²) in [6.07, 6.45) is 0.660. The van der Waals surface area contributed by atoms with Gasteiger partial charge in [0.1, 0.15) is 0 Å². The predicted octanol–water partition coefficient (Wildman–Crippen LogP) is 2.70. The van der Waals surface area contributed by atoms with Crippen LogP contribution < -0.4 is 4.72 Å². The molecule has 0 fully saturated rings. The molecule has 0 bridgehead atoms. The molecule has 2 rings (SSSR count). The molecule has 2 N–H and O–H groups in total. The van der Waals surface area contributed by atoms with Crippen LogP contribution in [-0.4, -0.2) is 29.2 Å². The minimum atomic E-state index is -3.62. The van der Waals surface area contributed by atoms with Crippen molar-refractivity contribution in [2.75, 3.05) is 10.5 Å². The van der Waals surface area contributed by atoms with Crippen LogP contribution in [0.4, 0.5) is 10.1 Å². The molecular formula is C15H17ClFN3O3S. The number of rotatable bonds is 7. The van der Waals surface area contributed by atoms with E-state index in [2.05, 4.69) is 14.7 Å². The maximum atomic E-state index is 14.5. The van der Waals surface area contributed by atoms with Gasteiger partial charge in [0.15, 0.2) is 5.82 Å². The molecule has 0 aliphatic carbocycles. The van der Waals surface area contributed by atoms with E-state index in [0.717, 1.165) is 0 Å². The van der Waals surface area contributed by atoms with E-state index in [1.54, 1.807) is 13.0 Å². The lowest BCUT2D eigenvalue weighted by Gasteiger charge is -2.15. The molecule has 0 spiro atoms. The van der Waals surface area contributed by atoms with Gasteiger partial charge < -0.3 is 5.11 Å². The van der Waals surface area contributed by atoms with E-state index in [-0.39, 0.29) is 28.7 Å². The van der Waals surface area contributed by atoms with Gasteiger partial charge in [-0.3, -0.25) is 4.72 Å². The fourth-order valence-corrected chi connectivity index (χ4v) is 3.46. The van der Waals surface area contributed by atoms with Crippen LogP contribution in [0.3, 0.4) is 0 Å². The first-order valence-corrected chi connectivity index (χ1v) is 9.30. The van der Waals surface area contributed by atoms with Gasteiger partial charge in [-0.05, 0) is 30.2 Å². The Morgan fingerprint density at radius 2 is 2.12 bits per heavy atom. The van der Waals surface area contributed by atoms with Crippen molar-refractivity contribution in [2.45, 2.75) is 25.9 Å². The Bertz CT molecular complexity index is 817. The lowest BCUT2D eigenvalue weighted by molar-refractivity contribution is 0.172. The van der Waals surface area contributed by atoms with E-state index >= 15 is 0 Å². The van der Waals surface area contributed by atoms with Crippen molar-refractivity contribution in [3.8, 4) is 0 Å². The van der Waals surface area contributed by atoms with E-state index in [0.29, 0.717) is 12.1 Å². The number of nitrogens with zero attached hydrogens (tertiary/aromatic N) is 2. The zero-order chi connectivity index (χ0) is 17.7. The van der Waals surface area contributed by atoms with Crippen LogP contribution >= 0.6 is 11.6 Å². The second kappa shape index (κ2) is 7.87. The summed E-state index contributed by atoms with van der Waals surface area (Å²) in [4.78, 5) is 7.67. The Balaban J connectivity index is 2.23. The number of anilines is 1. The molecule has 0 radical (unpaired) electrons. The lowest BCUT2D eigenvalue weighted by Crippen LogP contribution is -2.18. The fourth-order valence-electron chi connectivity index (χ4n) is 2.16. The average Bonchev–Trinajstić information content (AvgIpc) is 2.49. The van der Waals surface area contributed by atoms with Gasteiger partial charge in [0.2, 0.25) is 15.3 Å². The van der Waals surface area contributed by atoms with Crippen molar-refractivity contribution in [1.82, 2.24) is 9.97 Å². The molecule has 0 saturated carbocycles. The molecule has 1 heterocycles. The molecule has 0 amide bonds. The van der Waals surface area contributed by atoms with E-state index in [1.165, 1.54) is 24.4 Å². The van der Waals surface area contributed by atoms with Gasteiger partial charge >= 0.3 is 0 Å². The van der Waals surface area contributed by atoms with Crippen molar-refractivity contribution in [3.63, 3.8) is 0 Å². The van der Waals surface area contributed by atoms with Crippen LogP contribution in [0.1, 0.15) is 30.7 Å². The summed E-state index contributed by atoms with van der Waals surface area (Å²) < 4.78 is 40.3. The number of benzene rings is 1. The number of aliphatic hydroxyl groups excluding tert-OH is 1. The van der Waals surface area contributed by atoms with Crippen molar-refractivity contribution in [3.05, 3.63) is 52.8 Å². The number of aromatic nitrogens is 2. The Kier molecular flexibility index (Phi) is 6.09. The monoisotopic (exact) mass is 373 g/mol. The maximum absolute atomic E-state index is 14.5. The topological polar surface area (TPSA) is 92.2 Å². The van der Waals surface area contributed by atoms with Crippen molar-refractivity contribution in [1.29, 1.82) is 0 Å². The van der Waals surface area contributed by atoms with Crippen LogP contribution in [0.2, 0.25) is 5.28 Å². The molecule has 130 valence electrons. The second-order valence-electron chi connectivity index (χ2n) is 5.17. The standard InChI is InChI=1S/C15H17ClFN3O3S/c1-2-8-24(22,23)20-12-5-3-4-11(14(12)17)13(21)9-10-6-7-18-15(16)19-10/h3-7,13,20-21H,2,8-9H2,1H3.